The van der Waals surface area contributed by atoms with Gasteiger partial charge in [0.05, 0.1) is 16.0 Å². The lowest BCUT2D eigenvalue weighted by molar-refractivity contribution is -0.384. The largest absolute Gasteiger partial charge is 0.389 e. The minimum Gasteiger partial charge on any atom is -0.389 e. The van der Waals surface area contributed by atoms with E-state index in [1.165, 1.54) is 12.1 Å². The lowest BCUT2D eigenvalue weighted by Crippen LogP contribution is -2.29. The molecule has 2 N–H and O–H groups in total. The van der Waals surface area contributed by atoms with E-state index in [9.17, 15) is 15.2 Å². The van der Waals surface area contributed by atoms with Gasteiger partial charge in [0, 0.05) is 35.4 Å². The molecule has 0 aliphatic rings. The maximum Gasteiger partial charge on any atom is 0.270 e. The van der Waals surface area contributed by atoms with Crippen molar-refractivity contribution in [2.24, 2.45) is 0 Å². The van der Waals surface area contributed by atoms with Gasteiger partial charge in [-0.15, -0.1) is 0 Å². The van der Waals surface area contributed by atoms with Crippen LogP contribution in [0, 0.1) is 17.0 Å². The van der Waals surface area contributed by atoms with E-state index in [4.69, 9.17) is 0 Å². The van der Waals surface area contributed by atoms with Crippen LogP contribution in [0.5, 0.6) is 0 Å². The van der Waals surface area contributed by atoms with Crippen molar-refractivity contribution >= 4 is 22.3 Å². The molecule has 0 unspecified atom stereocenters. The van der Waals surface area contributed by atoms with E-state index in [-0.39, 0.29) is 5.69 Å². The fourth-order valence-corrected chi connectivity index (χ4v) is 1.92. The lowest BCUT2D eigenvalue weighted by atomic mass is 10.1. The molecule has 0 amide bonds. The second-order valence-corrected chi connectivity index (χ2v) is 5.44. The van der Waals surface area contributed by atoms with E-state index in [0.29, 0.717) is 17.4 Å². The molecule has 0 fully saturated rings. The summed E-state index contributed by atoms with van der Waals surface area (Å²) >= 11 is 0. The molecular formula is C14H17N3O3. The van der Waals surface area contributed by atoms with Crippen LogP contribution in [0.15, 0.2) is 24.3 Å². The second kappa shape index (κ2) is 5.05. The Kier molecular flexibility index (Phi) is 3.59. The average Bonchev–Trinajstić information content (AvgIpc) is 2.34. The monoisotopic (exact) mass is 275 g/mol. The quantitative estimate of drug-likeness (QED) is 0.661. The molecule has 1 aromatic carbocycles. The van der Waals surface area contributed by atoms with Crippen LogP contribution in [0.1, 0.15) is 19.5 Å². The minimum absolute atomic E-state index is 0.0226. The van der Waals surface area contributed by atoms with Gasteiger partial charge in [0.15, 0.2) is 0 Å². The van der Waals surface area contributed by atoms with Gasteiger partial charge in [-0.2, -0.15) is 0 Å². The summed E-state index contributed by atoms with van der Waals surface area (Å²) in [5.41, 5.74) is 1.38. The Morgan fingerprint density at radius 2 is 2.10 bits per heavy atom. The molecule has 0 saturated carbocycles. The summed E-state index contributed by atoms with van der Waals surface area (Å²) in [6.45, 7) is 5.59. The number of anilines is 1. The SMILES string of the molecule is Cc1cc(NCC(C)(C)O)c2cc([N+](=O)[O-])ccc2n1. The van der Waals surface area contributed by atoms with Gasteiger partial charge in [0.25, 0.3) is 5.69 Å². The summed E-state index contributed by atoms with van der Waals surface area (Å²) in [6, 6.07) is 6.39. The van der Waals surface area contributed by atoms with E-state index in [2.05, 4.69) is 10.3 Å². The van der Waals surface area contributed by atoms with Gasteiger partial charge in [0.2, 0.25) is 0 Å². The number of nitro benzene ring substituents is 1. The Bertz CT molecular complexity index is 662. The van der Waals surface area contributed by atoms with E-state index >= 15 is 0 Å². The fraction of sp³-hybridized carbons (Fsp3) is 0.357. The van der Waals surface area contributed by atoms with Crippen LogP contribution in [-0.4, -0.2) is 27.2 Å². The van der Waals surface area contributed by atoms with E-state index in [0.717, 1.165) is 11.4 Å². The predicted octanol–water partition coefficient (Wildman–Crippen LogP) is 2.63. The first-order valence-corrected chi connectivity index (χ1v) is 6.28. The summed E-state index contributed by atoms with van der Waals surface area (Å²) in [4.78, 5) is 14.8. The summed E-state index contributed by atoms with van der Waals surface area (Å²) < 4.78 is 0. The van der Waals surface area contributed by atoms with Crippen molar-refractivity contribution in [2.45, 2.75) is 26.4 Å². The zero-order valence-corrected chi connectivity index (χ0v) is 11.7. The highest BCUT2D eigenvalue weighted by molar-refractivity contribution is 5.93. The molecule has 0 saturated heterocycles. The maximum absolute atomic E-state index is 10.9. The van der Waals surface area contributed by atoms with Crippen molar-refractivity contribution in [3.63, 3.8) is 0 Å². The Balaban J connectivity index is 2.50. The molecule has 6 nitrogen and oxygen atoms in total. The highest BCUT2D eigenvalue weighted by Crippen LogP contribution is 2.27. The van der Waals surface area contributed by atoms with Crippen LogP contribution in [-0.2, 0) is 0 Å². The molecule has 0 aliphatic heterocycles. The lowest BCUT2D eigenvalue weighted by Gasteiger charge is -2.19. The number of rotatable bonds is 4. The summed E-state index contributed by atoms with van der Waals surface area (Å²) in [5, 5.41) is 24.4. The molecule has 0 bridgehead atoms. The number of aryl methyl sites for hydroxylation is 1. The standard InChI is InChI=1S/C14H17N3O3/c1-9-6-13(15-8-14(2,3)18)11-7-10(17(19)20)4-5-12(11)16-9/h4-7,18H,8H2,1-3H3,(H,15,16). The molecule has 0 aliphatic carbocycles. The molecule has 0 spiro atoms. The second-order valence-electron chi connectivity index (χ2n) is 5.44. The molecule has 1 aromatic heterocycles. The first-order chi connectivity index (χ1) is 9.26. The van der Waals surface area contributed by atoms with Crippen molar-refractivity contribution in [2.75, 3.05) is 11.9 Å². The van der Waals surface area contributed by atoms with E-state index < -0.39 is 10.5 Å². The number of aromatic nitrogens is 1. The van der Waals surface area contributed by atoms with Crippen LogP contribution in [0.3, 0.4) is 0 Å². The molecule has 2 aromatic rings. The van der Waals surface area contributed by atoms with Crippen molar-refractivity contribution in [1.29, 1.82) is 0 Å². The summed E-state index contributed by atoms with van der Waals surface area (Å²) in [5.74, 6) is 0. The van der Waals surface area contributed by atoms with Crippen LogP contribution < -0.4 is 5.32 Å². The van der Waals surface area contributed by atoms with Crippen LogP contribution >= 0.6 is 0 Å². The predicted molar refractivity (Wildman–Crippen MR) is 77.9 cm³/mol. The van der Waals surface area contributed by atoms with Crippen molar-refractivity contribution in [3.05, 3.63) is 40.1 Å². The molecule has 2 rings (SSSR count). The highest BCUT2D eigenvalue weighted by atomic mass is 16.6. The summed E-state index contributed by atoms with van der Waals surface area (Å²) in [7, 11) is 0. The zero-order valence-electron chi connectivity index (χ0n) is 11.7. The van der Waals surface area contributed by atoms with Gasteiger partial charge in [-0.1, -0.05) is 0 Å². The molecular weight excluding hydrogens is 258 g/mol. The number of fused-ring (bicyclic) bond motifs is 1. The molecule has 106 valence electrons. The van der Waals surface area contributed by atoms with Gasteiger partial charge in [-0.25, -0.2) is 0 Å². The molecule has 20 heavy (non-hydrogen) atoms. The van der Waals surface area contributed by atoms with Crippen molar-refractivity contribution in [3.8, 4) is 0 Å². The van der Waals surface area contributed by atoms with Crippen LogP contribution in [0.4, 0.5) is 11.4 Å². The maximum atomic E-state index is 10.9. The van der Waals surface area contributed by atoms with E-state index in [1.807, 2.05) is 13.0 Å². The average molecular weight is 275 g/mol. The third-order valence-corrected chi connectivity index (χ3v) is 2.84. The Morgan fingerprint density at radius 1 is 1.40 bits per heavy atom. The van der Waals surface area contributed by atoms with Gasteiger partial charge in [0.1, 0.15) is 0 Å². The molecule has 0 radical (unpaired) electrons. The minimum atomic E-state index is -0.871. The molecule has 0 atom stereocenters. The Morgan fingerprint density at radius 3 is 2.70 bits per heavy atom. The van der Waals surface area contributed by atoms with Crippen LogP contribution in [0.25, 0.3) is 10.9 Å². The number of hydrogen-bond donors (Lipinski definition) is 2. The van der Waals surface area contributed by atoms with Crippen LogP contribution in [0.2, 0.25) is 0 Å². The molecule has 6 heteroatoms. The van der Waals surface area contributed by atoms with Gasteiger partial charge >= 0.3 is 0 Å². The smallest absolute Gasteiger partial charge is 0.270 e. The fourth-order valence-electron chi connectivity index (χ4n) is 1.92. The van der Waals surface area contributed by atoms with E-state index in [1.54, 1.807) is 19.9 Å². The van der Waals surface area contributed by atoms with Gasteiger partial charge < -0.3 is 10.4 Å². The Labute approximate surface area is 116 Å². The number of aliphatic hydroxyl groups is 1. The third kappa shape index (κ3) is 3.21. The normalized spacial score (nSPS) is 11.6. The number of hydrogen-bond acceptors (Lipinski definition) is 5. The molecule has 1 heterocycles. The number of nitrogens with one attached hydrogen (secondary N) is 1. The third-order valence-electron chi connectivity index (χ3n) is 2.84. The zero-order chi connectivity index (χ0) is 14.9. The van der Waals surface area contributed by atoms with Gasteiger partial charge in [-0.3, -0.25) is 15.1 Å². The first-order valence-electron chi connectivity index (χ1n) is 6.28. The Hall–Kier alpha value is -2.21. The first kappa shape index (κ1) is 14.2. The summed E-state index contributed by atoms with van der Waals surface area (Å²) in [6.07, 6.45) is 0. The number of nitro groups is 1. The number of nitrogens with zero attached hydrogens (tertiary/aromatic N) is 2. The highest BCUT2D eigenvalue weighted by Gasteiger charge is 2.15. The number of pyridine rings is 1. The van der Waals surface area contributed by atoms with Gasteiger partial charge in [-0.05, 0) is 32.9 Å². The van der Waals surface area contributed by atoms with Crippen molar-refractivity contribution in [1.82, 2.24) is 4.98 Å². The number of benzene rings is 1. The van der Waals surface area contributed by atoms with Crippen molar-refractivity contribution < 1.29 is 10.0 Å². The topological polar surface area (TPSA) is 88.3 Å². The number of non-ortho nitro benzene ring substituents is 1.